The zero-order chi connectivity index (χ0) is 10.5. The number of rotatable bonds is 0. The van der Waals surface area contributed by atoms with Crippen molar-refractivity contribution in [2.45, 2.75) is 11.8 Å². The number of nitrogens with zero attached hydrogens (tertiary/aromatic N) is 1. The molecule has 0 fully saturated rings. The minimum absolute atomic E-state index is 0.114. The van der Waals surface area contributed by atoms with Gasteiger partial charge in [0.15, 0.2) is 0 Å². The minimum atomic E-state index is -0.977. The summed E-state index contributed by atoms with van der Waals surface area (Å²) in [6.07, 6.45) is 0. The number of fused-ring (bicyclic) bond motifs is 1. The minimum Gasteiger partial charge on any atom is -0.313 e. The first kappa shape index (κ1) is 9.81. The predicted molar refractivity (Wildman–Crippen MR) is 58.1 cm³/mol. The highest BCUT2D eigenvalue weighted by Crippen LogP contribution is 2.44. The molecule has 1 amide bonds. The van der Waals surface area contributed by atoms with Crippen LogP contribution in [0.4, 0.5) is 5.69 Å². The van der Waals surface area contributed by atoms with E-state index < -0.39 is 4.87 Å². The fourth-order valence-electron chi connectivity index (χ4n) is 1.72. The standard InChI is InChI=1S/C10H9Cl2NO/c1-10(12)7-5-6(11)3-4-8(7)13(2)9(10)14/h3-5H,1-2H3. The van der Waals surface area contributed by atoms with Crippen LogP contribution in [-0.2, 0) is 9.67 Å². The molecular formula is C10H9Cl2NO. The number of carbonyl (C=O) groups excluding carboxylic acids is 1. The van der Waals surface area contributed by atoms with Gasteiger partial charge in [-0.15, -0.1) is 11.6 Å². The van der Waals surface area contributed by atoms with Gasteiger partial charge in [0.25, 0.3) is 5.91 Å². The van der Waals surface area contributed by atoms with E-state index in [0.29, 0.717) is 5.02 Å². The third-order valence-electron chi connectivity index (χ3n) is 2.53. The molecule has 2 nitrogen and oxygen atoms in total. The van der Waals surface area contributed by atoms with Crippen molar-refractivity contribution >= 4 is 34.8 Å². The summed E-state index contributed by atoms with van der Waals surface area (Å²) in [5.41, 5.74) is 1.61. The lowest BCUT2D eigenvalue weighted by Gasteiger charge is -2.13. The average molecular weight is 230 g/mol. The fourth-order valence-corrected chi connectivity index (χ4v) is 2.17. The third-order valence-corrected chi connectivity index (χ3v) is 3.13. The molecule has 1 atom stereocenters. The van der Waals surface area contributed by atoms with Crippen LogP contribution in [0.1, 0.15) is 12.5 Å². The quantitative estimate of drug-likeness (QED) is 0.627. The number of hydrogen-bond donors (Lipinski definition) is 0. The Morgan fingerprint density at radius 3 is 2.71 bits per heavy atom. The topological polar surface area (TPSA) is 20.3 Å². The second kappa shape index (κ2) is 2.88. The van der Waals surface area contributed by atoms with Gasteiger partial charge in [-0.25, -0.2) is 0 Å². The van der Waals surface area contributed by atoms with Crippen LogP contribution >= 0.6 is 23.2 Å². The maximum absolute atomic E-state index is 11.7. The van der Waals surface area contributed by atoms with Crippen molar-refractivity contribution in [1.29, 1.82) is 0 Å². The number of hydrogen-bond acceptors (Lipinski definition) is 1. The van der Waals surface area contributed by atoms with Gasteiger partial charge in [-0.2, -0.15) is 0 Å². The number of likely N-dealkylation sites (N-methyl/N-ethyl adjacent to an activating group) is 1. The van der Waals surface area contributed by atoms with Gasteiger partial charge in [0.2, 0.25) is 0 Å². The van der Waals surface area contributed by atoms with E-state index >= 15 is 0 Å². The summed E-state index contributed by atoms with van der Waals surface area (Å²) in [4.78, 5) is 12.3. The SMILES string of the molecule is CN1C(=O)C(C)(Cl)c2cc(Cl)ccc21. The zero-order valence-corrected chi connectivity index (χ0v) is 9.36. The molecule has 0 aliphatic carbocycles. The van der Waals surface area contributed by atoms with Crippen LogP contribution in [0, 0.1) is 0 Å². The second-order valence-electron chi connectivity index (χ2n) is 3.53. The van der Waals surface area contributed by atoms with Crippen molar-refractivity contribution in [3.63, 3.8) is 0 Å². The van der Waals surface area contributed by atoms with Crippen LogP contribution < -0.4 is 4.90 Å². The van der Waals surface area contributed by atoms with Gasteiger partial charge in [-0.3, -0.25) is 4.79 Å². The van der Waals surface area contributed by atoms with Gasteiger partial charge >= 0.3 is 0 Å². The highest BCUT2D eigenvalue weighted by molar-refractivity contribution is 6.39. The number of carbonyl (C=O) groups is 1. The van der Waals surface area contributed by atoms with Gasteiger partial charge in [-0.1, -0.05) is 11.6 Å². The molecule has 0 spiro atoms. The van der Waals surface area contributed by atoms with E-state index in [4.69, 9.17) is 23.2 Å². The average Bonchev–Trinajstić information content (AvgIpc) is 2.29. The molecule has 1 aliphatic rings. The molecule has 1 heterocycles. The van der Waals surface area contributed by atoms with Crippen molar-refractivity contribution in [2.75, 3.05) is 11.9 Å². The highest BCUT2D eigenvalue weighted by Gasteiger charge is 2.44. The molecule has 74 valence electrons. The van der Waals surface area contributed by atoms with Gasteiger partial charge in [0.1, 0.15) is 4.87 Å². The van der Waals surface area contributed by atoms with Crippen LogP contribution in [0.5, 0.6) is 0 Å². The molecule has 2 rings (SSSR count). The molecule has 1 aromatic rings. The Hall–Kier alpha value is -0.730. The van der Waals surface area contributed by atoms with E-state index in [-0.39, 0.29) is 5.91 Å². The largest absolute Gasteiger partial charge is 0.313 e. The number of amides is 1. The fraction of sp³-hybridized carbons (Fsp3) is 0.300. The maximum atomic E-state index is 11.7. The Morgan fingerprint density at radius 1 is 1.43 bits per heavy atom. The first-order valence-corrected chi connectivity index (χ1v) is 4.97. The van der Waals surface area contributed by atoms with Gasteiger partial charge in [-0.05, 0) is 25.1 Å². The number of anilines is 1. The molecule has 0 bridgehead atoms. The third kappa shape index (κ3) is 1.14. The van der Waals surface area contributed by atoms with Crippen LogP contribution in [-0.4, -0.2) is 13.0 Å². The van der Waals surface area contributed by atoms with E-state index in [2.05, 4.69) is 0 Å². The molecule has 1 unspecified atom stereocenters. The first-order chi connectivity index (χ1) is 6.44. The van der Waals surface area contributed by atoms with Crippen molar-refractivity contribution in [2.24, 2.45) is 0 Å². The number of benzene rings is 1. The Kier molecular flexibility index (Phi) is 2.02. The lowest BCUT2D eigenvalue weighted by molar-refractivity contribution is -0.119. The van der Waals surface area contributed by atoms with E-state index in [9.17, 15) is 4.79 Å². The number of alkyl halides is 1. The van der Waals surface area contributed by atoms with E-state index in [1.54, 1.807) is 31.0 Å². The van der Waals surface area contributed by atoms with E-state index in [0.717, 1.165) is 11.3 Å². The van der Waals surface area contributed by atoms with Crippen LogP contribution in [0.2, 0.25) is 5.02 Å². The summed E-state index contributed by atoms with van der Waals surface area (Å²) in [5.74, 6) is -0.114. The number of halogens is 2. The van der Waals surface area contributed by atoms with Crippen LogP contribution in [0.25, 0.3) is 0 Å². The monoisotopic (exact) mass is 229 g/mol. The summed E-state index contributed by atoms with van der Waals surface area (Å²) in [5, 5.41) is 0.596. The Morgan fingerprint density at radius 2 is 2.07 bits per heavy atom. The normalized spacial score (nSPS) is 25.4. The molecule has 0 saturated heterocycles. The molecule has 0 saturated carbocycles. The summed E-state index contributed by atoms with van der Waals surface area (Å²) in [6.45, 7) is 1.69. The second-order valence-corrected chi connectivity index (χ2v) is 4.72. The van der Waals surface area contributed by atoms with Crippen molar-refractivity contribution in [1.82, 2.24) is 0 Å². The Bertz CT molecular complexity index is 415. The molecule has 1 aromatic carbocycles. The molecule has 4 heteroatoms. The molecular weight excluding hydrogens is 221 g/mol. The molecule has 0 aromatic heterocycles. The van der Waals surface area contributed by atoms with Crippen molar-refractivity contribution < 1.29 is 4.79 Å². The smallest absolute Gasteiger partial charge is 0.252 e. The predicted octanol–water partition coefficient (Wildman–Crippen LogP) is 2.77. The van der Waals surface area contributed by atoms with E-state index in [1.165, 1.54) is 0 Å². The van der Waals surface area contributed by atoms with Crippen LogP contribution in [0.3, 0.4) is 0 Å². The molecule has 14 heavy (non-hydrogen) atoms. The Labute approximate surface area is 92.4 Å². The highest BCUT2D eigenvalue weighted by atomic mass is 35.5. The summed E-state index contributed by atoms with van der Waals surface area (Å²) in [6, 6.07) is 5.30. The first-order valence-electron chi connectivity index (χ1n) is 4.21. The van der Waals surface area contributed by atoms with Crippen molar-refractivity contribution in [3.8, 4) is 0 Å². The lowest BCUT2D eigenvalue weighted by atomic mass is 10.0. The van der Waals surface area contributed by atoms with E-state index in [1.807, 2.05) is 6.07 Å². The van der Waals surface area contributed by atoms with Gasteiger partial charge < -0.3 is 4.90 Å². The van der Waals surface area contributed by atoms with Crippen LogP contribution in [0.15, 0.2) is 18.2 Å². The summed E-state index contributed by atoms with van der Waals surface area (Å²) in [7, 11) is 1.71. The Balaban J connectivity index is 2.69. The summed E-state index contributed by atoms with van der Waals surface area (Å²) < 4.78 is 0. The molecule has 0 radical (unpaired) electrons. The lowest BCUT2D eigenvalue weighted by Crippen LogP contribution is -2.31. The summed E-state index contributed by atoms with van der Waals surface area (Å²) >= 11 is 12.0. The zero-order valence-electron chi connectivity index (χ0n) is 7.84. The van der Waals surface area contributed by atoms with Gasteiger partial charge in [0.05, 0.1) is 0 Å². The van der Waals surface area contributed by atoms with Gasteiger partial charge in [0, 0.05) is 23.3 Å². The van der Waals surface area contributed by atoms with Crippen molar-refractivity contribution in [3.05, 3.63) is 28.8 Å². The maximum Gasteiger partial charge on any atom is 0.252 e. The molecule has 1 aliphatic heterocycles. The molecule has 0 N–H and O–H groups in total.